The lowest BCUT2D eigenvalue weighted by Crippen LogP contribution is -2.19. The van der Waals surface area contributed by atoms with Gasteiger partial charge >= 0.3 is 0 Å². The second-order valence-corrected chi connectivity index (χ2v) is 11.0. The quantitative estimate of drug-likeness (QED) is 0.330. The molecule has 4 aromatic rings. The van der Waals surface area contributed by atoms with Crippen molar-refractivity contribution < 1.29 is 13.2 Å². The number of ketones is 1. The molecule has 0 unspecified atom stereocenters. The number of hydrogen-bond acceptors (Lipinski definition) is 5. The first-order valence-electron chi connectivity index (χ1n) is 11.1. The van der Waals surface area contributed by atoms with Crippen LogP contribution in [0.5, 0.6) is 0 Å². The lowest BCUT2D eigenvalue weighted by molar-refractivity contribution is 0.103. The molecule has 0 radical (unpaired) electrons. The van der Waals surface area contributed by atoms with Crippen molar-refractivity contribution in [1.29, 1.82) is 0 Å². The second kappa shape index (κ2) is 8.77. The number of carbonyl (C=O) groups excluding carboxylic acids is 1. The fraction of sp³-hybridized carbons (Fsp3) is 0.269. The van der Waals surface area contributed by atoms with Crippen LogP contribution in [0.4, 0.5) is 5.69 Å². The largest absolute Gasteiger partial charge is 0.343 e. The summed E-state index contributed by atoms with van der Waals surface area (Å²) in [4.78, 5) is 26.3. The van der Waals surface area contributed by atoms with Gasteiger partial charge in [-0.1, -0.05) is 11.6 Å². The number of nitrogens with zero attached hydrogens (tertiary/aromatic N) is 2. The number of nitrogens with one attached hydrogen (secondary N) is 2. The molecule has 1 aromatic carbocycles. The van der Waals surface area contributed by atoms with Crippen molar-refractivity contribution in [3.05, 3.63) is 79.9 Å². The smallest absolute Gasteiger partial charge is 0.261 e. The van der Waals surface area contributed by atoms with Gasteiger partial charge in [0.2, 0.25) is 5.78 Å². The van der Waals surface area contributed by atoms with Crippen LogP contribution in [0.2, 0.25) is 5.02 Å². The predicted octanol–water partition coefficient (Wildman–Crippen LogP) is 5.80. The van der Waals surface area contributed by atoms with Gasteiger partial charge in [-0.2, -0.15) is 0 Å². The molecule has 3 heterocycles. The van der Waals surface area contributed by atoms with Crippen LogP contribution in [0.3, 0.4) is 0 Å². The van der Waals surface area contributed by atoms with Crippen molar-refractivity contribution in [2.24, 2.45) is 0 Å². The first-order valence-corrected chi connectivity index (χ1v) is 13.0. The number of benzene rings is 1. The summed E-state index contributed by atoms with van der Waals surface area (Å²) >= 11 is 6.09. The van der Waals surface area contributed by atoms with Crippen molar-refractivity contribution in [2.45, 2.75) is 53.4 Å². The Morgan fingerprint density at radius 3 is 2.29 bits per heavy atom. The maximum absolute atomic E-state index is 14.0. The van der Waals surface area contributed by atoms with Crippen molar-refractivity contribution >= 4 is 44.1 Å². The van der Waals surface area contributed by atoms with Gasteiger partial charge in [0.05, 0.1) is 10.6 Å². The molecule has 0 saturated carbocycles. The number of pyridine rings is 2. The molecule has 3 aromatic heterocycles. The lowest BCUT2D eigenvalue weighted by Gasteiger charge is -2.18. The van der Waals surface area contributed by atoms with Gasteiger partial charge in [-0.15, -0.1) is 0 Å². The van der Waals surface area contributed by atoms with Gasteiger partial charge in [-0.3, -0.25) is 9.52 Å². The van der Waals surface area contributed by atoms with Crippen molar-refractivity contribution in [1.82, 2.24) is 15.0 Å². The van der Waals surface area contributed by atoms with E-state index in [2.05, 4.69) is 19.7 Å². The molecule has 7 nitrogen and oxygen atoms in total. The molecule has 2 N–H and O–H groups in total. The number of hydrogen-bond donors (Lipinski definition) is 2. The van der Waals surface area contributed by atoms with E-state index in [1.165, 1.54) is 18.2 Å². The number of aromatic nitrogens is 3. The Morgan fingerprint density at radius 1 is 0.943 bits per heavy atom. The number of fused-ring (bicyclic) bond motifs is 1. The molecule has 9 heteroatoms. The summed E-state index contributed by atoms with van der Waals surface area (Å²) in [5, 5.41) is 1.18. The molecular formula is C26H27ClN4O3S. The van der Waals surface area contributed by atoms with Gasteiger partial charge < -0.3 is 4.98 Å². The summed E-state index contributed by atoms with van der Waals surface area (Å²) in [7, 11) is -4.02. The van der Waals surface area contributed by atoms with Crippen molar-refractivity contribution in [3.63, 3.8) is 0 Å². The van der Waals surface area contributed by atoms with E-state index >= 15 is 0 Å². The summed E-state index contributed by atoms with van der Waals surface area (Å²) < 4.78 is 29.3. The van der Waals surface area contributed by atoms with Crippen LogP contribution < -0.4 is 4.72 Å². The SMILES string of the molecule is Cc1cc(C(=O)c2nc(C)c(C)c(C)c2NS(=O)(=O)c2ccc(Cl)c(C)c2)c2c(C)c(C)[nH]c2n1. The van der Waals surface area contributed by atoms with Crippen LogP contribution in [0.25, 0.3) is 11.0 Å². The molecule has 0 atom stereocenters. The molecule has 0 aliphatic heterocycles. The molecule has 0 saturated heterocycles. The summed E-state index contributed by atoms with van der Waals surface area (Å²) in [6.45, 7) is 12.8. The number of halogens is 1. The highest BCUT2D eigenvalue weighted by molar-refractivity contribution is 7.92. The van der Waals surface area contributed by atoms with E-state index in [0.29, 0.717) is 44.1 Å². The highest BCUT2D eigenvalue weighted by Crippen LogP contribution is 2.32. The minimum absolute atomic E-state index is 0.0463. The third kappa shape index (κ3) is 4.32. The van der Waals surface area contributed by atoms with Gasteiger partial charge in [0, 0.05) is 33.1 Å². The molecule has 0 aliphatic carbocycles. The number of carbonyl (C=O) groups is 1. The van der Waals surface area contributed by atoms with Gasteiger partial charge in [0.1, 0.15) is 11.3 Å². The number of rotatable bonds is 5. The first-order chi connectivity index (χ1) is 16.3. The predicted molar refractivity (Wildman–Crippen MR) is 139 cm³/mol. The normalized spacial score (nSPS) is 11.8. The van der Waals surface area contributed by atoms with Crippen LogP contribution in [0, 0.1) is 48.5 Å². The topological polar surface area (TPSA) is 105 Å². The van der Waals surface area contributed by atoms with E-state index in [1.807, 2.05) is 27.7 Å². The minimum atomic E-state index is -4.02. The van der Waals surface area contributed by atoms with Gasteiger partial charge in [0.15, 0.2) is 0 Å². The molecule has 0 aliphatic rings. The average Bonchev–Trinajstić information content (AvgIpc) is 3.07. The van der Waals surface area contributed by atoms with Gasteiger partial charge in [-0.05, 0) is 95.0 Å². The highest BCUT2D eigenvalue weighted by atomic mass is 35.5. The van der Waals surface area contributed by atoms with Gasteiger partial charge in [0.25, 0.3) is 10.0 Å². The summed E-state index contributed by atoms with van der Waals surface area (Å²) in [6, 6.07) is 6.19. The number of anilines is 1. The van der Waals surface area contributed by atoms with Crippen molar-refractivity contribution in [2.75, 3.05) is 4.72 Å². The Bertz CT molecular complexity index is 1640. The van der Waals surface area contributed by atoms with E-state index in [0.717, 1.165) is 16.8 Å². The zero-order valence-corrected chi connectivity index (χ0v) is 22.3. The average molecular weight is 511 g/mol. The van der Waals surface area contributed by atoms with Crippen LogP contribution in [0.15, 0.2) is 29.2 Å². The molecular weight excluding hydrogens is 484 g/mol. The minimum Gasteiger partial charge on any atom is -0.343 e. The number of sulfonamides is 1. The fourth-order valence-corrected chi connectivity index (χ4v) is 5.45. The monoisotopic (exact) mass is 510 g/mol. The lowest BCUT2D eigenvalue weighted by atomic mass is 9.97. The zero-order chi connectivity index (χ0) is 25.8. The fourth-order valence-electron chi connectivity index (χ4n) is 4.12. The zero-order valence-electron chi connectivity index (χ0n) is 20.7. The molecule has 0 fully saturated rings. The Labute approximate surface area is 210 Å². The van der Waals surface area contributed by atoms with Crippen LogP contribution in [0.1, 0.15) is 55.4 Å². The Hall–Kier alpha value is -3.23. The Morgan fingerprint density at radius 2 is 1.63 bits per heavy atom. The third-order valence-corrected chi connectivity index (χ3v) is 8.29. The second-order valence-electron chi connectivity index (χ2n) is 8.93. The number of H-pyrrole nitrogens is 1. The molecule has 35 heavy (non-hydrogen) atoms. The Balaban J connectivity index is 1.93. The summed E-state index contributed by atoms with van der Waals surface area (Å²) in [5.74, 6) is -0.376. The summed E-state index contributed by atoms with van der Waals surface area (Å²) in [6.07, 6.45) is 0. The Kier molecular flexibility index (Phi) is 6.23. The molecule has 0 bridgehead atoms. The van der Waals surface area contributed by atoms with E-state index in [-0.39, 0.29) is 22.1 Å². The molecule has 0 spiro atoms. The van der Waals surface area contributed by atoms with E-state index in [1.54, 1.807) is 26.8 Å². The maximum Gasteiger partial charge on any atom is 0.261 e. The molecule has 182 valence electrons. The molecule has 4 rings (SSSR count). The van der Waals surface area contributed by atoms with E-state index in [4.69, 9.17) is 11.6 Å². The van der Waals surface area contributed by atoms with Crippen LogP contribution >= 0.6 is 11.6 Å². The van der Waals surface area contributed by atoms with E-state index in [9.17, 15) is 13.2 Å². The van der Waals surface area contributed by atoms with Crippen LogP contribution in [-0.2, 0) is 10.0 Å². The highest BCUT2D eigenvalue weighted by Gasteiger charge is 2.27. The molecule has 0 amide bonds. The van der Waals surface area contributed by atoms with E-state index < -0.39 is 10.0 Å². The third-order valence-electron chi connectivity index (χ3n) is 6.52. The van der Waals surface area contributed by atoms with Crippen molar-refractivity contribution in [3.8, 4) is 0 Å². The maximum atomic E-state index is 14.0. The number of aryl methyl sites for hydroxylation is 5. The van der Waals surface area contributed by atoms with Crippen LogP contribution in [-0.4, -0.2) is 29.2 Å². The number of aromatic amines is 1. The standard InChI is InChI=1S/C26H27ClN4O3S/c1-12-10-19(8-9-21(12)27)35(33,34)31-23-15(4)14(3)17(6)29-24(23)25(32)20-11-13(2)28-26-22(20)16(5)18(7)30-26/h8-11,31H,1-7H3,(H,28,30). The first kappa shape index (κ1) is 24.9. The summed E-state index contributed by atoms with van der Waals surface area (Å²) in [5.41, 5.74) is 6.47. The van der Waals surface area contributed by atoms with Gasteiger partial charge in [-0.25, -0.2) is 18.4 Å².